The van der Waals surface area contributed by atoms with Crippen molar-refractivity contribution in [2.45, 2.75) is 26.1 Å². The third-order valence-corrected chi connectivity index (χ3v) is 7.08. The molecule has 2 atom stereocenters. The Labute approximate surface area is 162 Å². The highest BCUT2D eigenvalue weighted by molar-refractivity contribution is 7.51. The van der Waals surface area contributed by atoms with Crippen molar-refractivity contribution >= 4 is 19.8 Å². The van der Waals surface area contributed by atoms with Crippen LogP contribution in [-0.4, -0.2) is 36.8 Å². The molecular weight excluding hydrogens is 355 g/mol. The molecule has 27 heavy (non-hydrogen) atoms. The number of ether oxygens (including phenoxy) is 1. The number of hydrogen-bond acceptors (Lipinski definition) is 3. The molecule has 1 N–H and O–H groups in total. The number of aryl methyl sites for hydroxylation is 1. The highest BCUT2D eigenvalue weighted by Crippen LogP contribution is 2.47. The summed E-state index contributed by atoms with van der Waals surface area (Å²) >= 11 is 0. The van der Waals surface area contributed by atoms with Crippen molar-refractivity contribution in [2.24, 2.45) is 0 Å². The van der Waals surface area contributed by atoms with E-state index in [-0.39, 0.29) is 11.7 Å². The first-order valence-electron chi connectivity index (χ1n) is 9.32. The quantitative estimate of drug-likeness (QED) is 0.808. The van der Waals surface area contributed by atoms with E-state index >= 15 is 0 Å². The van der Waals surface area contributed by atoms with Crippen LogP contribution in [0.2, 0.25) is 0 Å². The van der Waals surface area contributed by atoms with E-state index in [2.05, 4.69) is 42.7 Å². The Morgan fingerprint density at radius 2 is 2.11 bits per heavy atom. The molecule has 0 aliphatic carbocycles. The molecule has 0 aromatic heterocycles. The Morgan fingerprint density at radius 1 is 1.26 bits per heavy atom. The van der Waals surface area contributed by atoms with Gasteiger partial charge in [-0.15, -0.1) is 0 Å². The SMILES string of the molecule is COc1ccc(C2=CC(=O)N3C=C(C4=CCNCC4)C=C(C)C3P2)cc1C. The van der Waals surface area contributed by atoms with Gasteiger partial charge in [-0.25, -0.2) is 0 Å². The summed E-state index contributed by atoms with van der Waals surface area (Å²) in [5.74, 6) is 1.08. The fourth-order valence-electron chi connectivity index (χ4n) is 3.84. The lowest BCUT2D eigenvalue weighted by molar-refractivity contribution is -0.123. The van der Waals surface area contributed by atoms with Crippen LogP contribution >= 0.6 is 8.58 Å². The van der Waals surface area contributed by atoms with Gasteiger partial charge in [0.1, 0.15) is 5.75 Å². The molecule has 0 spiro atoms. The van der Waals surface area contributed by atoms with Crippen LogP contribution in [0.15, 0.2) is 59.3 Å². The Morgan fingerprint density at radius 3 is 2.81 bits per heavy atom. The molecule has 140 valence electrons. The fraction of sp³-hybridized carbons (Fsp3) is 0.318. The predicted molar refractivity (Wildman–Crippen MR) is 112 cm³/mol. The molecule has 0 saturated heterocycles. The molecule has 0 fully saturated rings. The fourth-order valence-corrected chi connectivity index (χ4v) is 5.31. The highest BCUT2D eigenvalue weighted by atomic mass is 31.1. The molecule has 3 aliphatic heterocycles. The topological polar surface area (TPSA) is 41.6 Å². The third kappa shape index (κ3) is 3.52. The first-order valence-corrected chi connectivity index (χ1v) is 10.4. The number of carbonyl (C=O) groups excluding carboxylic acids is 1. The number of allylic oxidation sites excluding steroid dienone is 2. The van der Waals surface area contributed by atoms with E-state index < -0.39 is 0 Å². The smallest absolute Gasteiger partial charge is 0.252 e. The summed E-state index contributed by atoms with van der Waals surface area (Å²) in [7, 11) is 2.22. The van der Waals surface area contributed by atoms with Gasteiger partial charge in [-0.05, 0) is 72.1 Å². The van der Waals surface area contributed by atoms with Crippen LogP contribution in [0.25, 0.3) is 5.31 Å². The van der Waals surface area contributed by atoms with Gasteiger partial charge < -0.3 is 15.0 Å². The summed E-state index contributed by atoms with van der Waals surface area (Å²) in [6.07, 6.45) is 9.37. The number of nitrogens with zero attached hydrogens (tertiary/aromatic N) is 1. The molecule has 1 aromatic rings. The van der Waals surface area contributed by atoms with E-state index in [1.54, 1.807) is 13.2 Å². The number of fused-ring (bicyclic) bond motifs is 1. The van der Waals surface area contributed by atoms with Gasteiger partial charge in [-0.1, -0.05) is 26.8 Å². The first kappa shape index (κ1) is 18.2. The lowest BCUT2D eigenvalue weighted by Gasteiger charge is -2.37. The molecule has 5 heteroatoms. The molecular formula is C22H25N2O2P. The third-order valence-electron chi connectivity index (χ3n) is 5.33. The second-order valence-electron chi connectivity index (χ2n) is 7.19. The molecule has 0 bridgehead atoms. The standard InChI is InChI=1S/C22H25N2O2P/c1-14-10-17(4-5-19(14)26-3)20-12-21(25)24-13-18(11-15(2)22(24)27-20)16-6-8-23-9-7-16/h4-6,10-13,22-23,27H,7-9H2,1-3H3. The molecule has 1 aromatic carbocycles. The number of hydrogen-bond donors (Lipinski definition) is 1. The van der Waals surface area contributed by atoms with Gasteiger partial charge in [0.15, 0.2) is 0 Å². The minimum absolute atomic E-state index is 0.0710. The molecule has 2 unspecified atom stereocenters. The highest BCUT2D eigenvalue weighted by Gasteiger charge is 2.32. The van der Waals surface area contributed by atoms with Crippen LogP contribution in [0, 0.1) is 6.92 Å². The maximum absolute atomic E-state index is 12.9. The Bertz CT molecular complexity index is 911. The van der Waals surface area contributed by atoms with E-state index in [1.807, 2.05) is 17.9 Å². The largest absolute Gasteiger partial charge is 0.496 e. The van der Waals surface area contributed by atoms with Crippen molar-refractivity contribution in [2.75, 3.05) is 20.2 Å². The van der Waals surface area contributed by atoms with Crippen LogP contribution in [-0.2, 0) is 4.79 Å². The van der Waals surface area contributed by atoms with Gasteiger partial charge in [0.25, 0.3) is 5.91 Å². The summed E-state index contributed by atoms with van der Waals surface area (Å²) in [5, 5.41) is 4.47. The predicted octanol–water partition coefficient (Wildman–Crippen LogP) is 3.95. The average Bonchev–Trinajstić information content (AvgIpc) is 2.69. The number of amides is 1. The Hall–Kier alpha value is -2.16. The van der Waals surface area contributed by atoms with E-state index in [9.17, 15) is 4.79 Å². The number of methoxy groups -OCH3 is 1. The van der Waals surface area contributed by atoms with Gasteiger partial charge in [-0.3, -0.25) is 4.79 Å². The lowest BCUT2D eigenvalue weighted by Crippen LogP contribution is -2.38. The van der Waals surface area contributed by atoms with Crippen molar-refractivity contribution in [3.05, 3.63) is 70.5 Å². The summed E-state index contributed by atoms with van der Waals surface area (Å²) in [5.41, 5.74) is 5.98. The van der Waals surface area contributed by atoms with Gasteiger partial charge in [-0.2, -0.15) is 0 Å². The Balaban J connectivity index is 1.65. The number of benzene rings is 1. The van der Waals surface area contributed by atoms with Crippen molar-refractivity contribution < 1.29 is 9.53 Å². The maximum Gasteiger partial charge on any atom is 0.252 e. The average molecular weight is 380 g/mol. The van der Waals surface area contributed by atoms with Gasteiger partial charge in [0, 0.05) is 18.8 Å². The van der Waals surface area contributed by atoms with Crippen LogP contribution < -0.4 is 10.1 Å². The first-order chi connectivity index (χ1) is 13.1. The lowest BCUT2D eigenvalue weighted by atomic mass is 9.96. The molecule has 4 nitrogen and oxygen atoms in total. The zero-order valence-corrected chi connectivity index (χ0v) is 17.0. The molecule has 0 radical (unpaired) electrons. The summed E-state index contributed by atoms with van der Waals surface area (Å²) in [4.78, 5) is 14.8. The van der Waals surface area contributed by atoms with Crippen molar-refractivity contribution in [3.63, 3.8) is 0 Å². The van der Waals surface area contributed by atoms with Gasteiger partial charge in [0.2, 0.25) is 0 Å². The van der Waals surface area contributed by atoms with Crippen molar-refractivity contribution in [3.8, 4) is 5.75 Å². The van der Waals surface area contributed by atoms with Crippen LogP contribution in [0.5, 0.6) is 5.75 Å². The summed E-state index contributed by atoms with van der Waals surface area (Å²) in [6, 6.07) is 6.15. The van der Waals surface area contributed by atoms with Crippen LogP contribution in [0.1, 0.15) is 24.5 Å². The van der Waals surface area contributed by atoms with Crippen LogP contribution in [0.3, 0.4) is 0 Å². The number of carbonyl (C=O) groups is 1. The van der Waals surface area contributed by atoms with Gasteiger partial charge >= 0.3 is 0 Å². The summed E-state index contributed by atoms with van der Waals surface area (Å²) in [6.45, 7) is 6.08. The molecule has 3 aliphatic rings. The van der Waals surface area contributed by atoms with E-state index in [0.717, 1.165) is 41.7 Å². The number of nitrogens with one attached hydrogen (secondary N) is 1. The zero-order valence-electron chi connectivity index (χ0n) is 16.0. The second kappa shape index (κ2) is 7.46. The van der Waals surface area contributed by atoms with Crippen molar-refractivity contribution in [1.29, 1.82) is 0 Å². The molecule has 0 saturated carbocycles. The molecule has 1 amide bonds. The van der Waals surface area contributed by atoms with Crippen molar-refractivity contribution in [1.82, 2.24) is 10.2 Å². The second-order valence-corrected chi connectivity index (χ2v) is 8.57. The van der Waals surface area contributed by atoms with E-state index in [0.29, 0.717) is 8.58 Å². The van der Waals surface area contributed by atoms with Gasteiger partial charge in [0.05, 0.1) is 12.9 Å². The zero-order chi connectivity index (χ0) is 19.0. The molecule has 3 heterocycles. The normalized spacial score (nSPS) is 23.3. The number of rotatable bonds is 3. The van der Waals surface area contributed by atoms with E-state index in [1.165, 1.54) is 16.7 Å². The minimum atomic E-state index is 0.0710. The van der Waals surface area contributed by atoms with Crippen LogP contribution in [0.4, 0.5) is 0 Å². The summed E-state index contributed by atoms with van der Waals surface area (Å²) < 4.78 is 5.36. The maximum atomic E-state index is 12.9. The molecule has 4 rings (SSSR count). The minimum Gasteiger partial charge on any atom is -0.496 e. The monoisotopic (exact) mass is 380 g/mol. The Kier molecular flexibility index (Phi) is 5.03. The van der Waals surface area contributed by atoms with E-state index in [4.69, 9.17) is 4.74 Å².